The fraction of sp³-hybridized carbons (Fsp3) is 0. The molecule has 4 heteroatoms. The van der Waals surface area contributed by atoms with Crippen molar-refractivity contribution < 1.29 is 8.83 Å². The van der Waals surface area contributed by atoms with Gasteiger partial charge in [0.2, 0.25) is 0 Å². The number of hydrogen-bond acceptors (Lipinski definition) is 3. The molecule has 4 nitrogen and oxygen atoms in total. The summed E-state index contributed by atoms with van der Waals surface area (Å²) >= 11 is 0. The molecule has 0 N–H and O–H groups in total. The first kappa shape index (κ1) is 32.4. The normalized spacial score (nSPS) is 11.8. The van der Waals surface area contributed by atoms with E-state index in [1.54, 1.807) is 0 Å². The van der Waals surface area contributed by atoms with Crippen LogP contribution in [0.1, 0.15) is 0 Å². The van der Waals surface area contributed by atoms with E-state index in [9.17, 15) is 0 Å². The number of nitrogens with zero attached hydrogens (tertiary/aromatic N) is 2. The van der Waals surface area contributed by atoms with Gasteiger partial charge in [0.05, 0.1) is 11.0 Å². The second kappa shape index (κ2) is 12.9. The number of aromatic nitrogens is 1. The molecule has 0 aliphatic rings. The standard InChI is InChI=1S/C54H34N2O2/c1-3-12-36(13-4-1)42-18-11-19-45-47-32-37(24-30-53(47)58-54(42)45)35-22-25-39(26-23-35)55(41-28-31-52-48(34-41)44-17-8-10-21-51(44)57-52)40-27-29-50-46(33-40)43-16-7-9-20-49(43)56(50)38-14-5-2-6-15-38/h1-34H. The lowest BCUT2D eigenvalue weighted by Gasteiger charge is -2.26. The average molecular weight is 743 g/mol. The van der Waals surface area contributed by atoms with Crippen molar-refractivity contribution in [2.24, 2.45) is 0 Å². The Morgan fingerprint density at radius 2 is 0.914 bits per heavy atom. The van der Waals surface area contributed by atoms with Gasteiger partial charge in [-0.2, -0.15) is 0 Å². The van der Waals surface area contributed by atoms with Crippen LogP contribution < -0.4 is 4.90 Å². The first-order valence-electron chi connectivity index (χ1n) is 19.7. The van der Waals surface area contributed by atoms with Gasteiger partial charge in [0.1, 0.15) is 22.3 Å². The minimum Gasteiger partial charge on any atom is -0.456 e. The van der Waals surface area contributed by atoms with E-state index in [1.807, 2.05) is 18.2 Å². The minimum atomic E-state index is 0.875. The van der Waals surface area contributed by atoms with Gasteiger partial charge in [-0.25, -0.2) is 0 Å². The molecule has 3 heterocycles. The highest BCUT2D eigenvalue weighted by Crippen LogP contribution is 2.43. The highest BCUT2D eigenvalue weighted by atomic mass is 16.3. The van der Waals surface area contributed by atoms with Gasteiger partial charge in [0.25, 0.3) is 0 Å². The molecule has 0 saturated heterocycles. The zero-order valence-electron chi connectivity index (χ0n) is 31.3. The van der Waals surface area contributed by atoms with Crippen molar-refractivity contribution in [3.05, 3.63) is 206 Å². The molecule has 9 aromatic carbocycles. The van der Waals surface area contributed by atoms with Gasteiger partial charge in [-0.15, -0.1) is 0 Å². The van der Waals surface area contributed by atoms with E-state index in [0.29, 0.717) is 0 Å². The highest BCUT2D eigenvalue weighted by Gasteiger charge is 2.20. The fourth-order valence-electron chi connectivity index (χ4n) is 8.88. The summed E-state index contributed by atoms with van der Waals surface area (Å²) < 4.78 is 15.1. The number of hydrogen-bond donors (Lipinski definition) is 0. The van der Waals surface area contributed by atoms with Gasteiger partial charge in [0.15, 0.2) is 0 Å². The Labute approximate surface area is 334 Å². The molecule has 0 aliphatic heterocycles. The molecule has 3 aromatic heterocycles. The summed E-state index contributed by atoms with van der Waals surface area (Å²) in [6.45, 7) is 0. The van der Waals surface area contributed by atoms with E-state index in [2.05, 4.69) is 198 Å². The van der Waals surface area contributed by atoms with Crippen LogP contribution in [0.5, 0.6) is 0 Å². The smallest absolute Gasteiger partial charge is 0.143 e. The summed E-state index contributed by atoms with van der Waals surface area (Å²) in [4.78, 5) is 2.36. The largest absolute Gasteiger partial charge is 0.456 e. The lowest BCUT2D eigenvalue weighted by molar-refractivity contribution is 0.669. The van der Waals surface area contributed by atoms with Crippen LogP contribution in [0.4, 0.5) is 17.1 Å². The van der Waals surface area contributed by atoms with Crippen LogP contribution in [-0.2, 0) is 0 Å². The van der Waals surface area contributed by atoms with Gasteiger partial charge in [-0.1, -0.05) is 121 Å². The van der Waals surface area contributed by atoms with Crippen molar-refractivity contribution in [3.8, 4) is 27.9 Å². The predicted molar refractivity (Wildman–Crippen MR) is 241 cm³/mol. The molecule has 12 rings (SSSR count). The molecule has 0 saturated carbocycles. The van der Waals surface area contributed by atoms with Gasteiger partial charge in [-0.3, -0.25) is 0 Å². The summed E-state index contributed by atoms with van der Waals surface area (Å²) in [7, 11) is 0. The molecule has 0 bridgehead atoms. The van der Waals surface area contributed by atoms with Crippen LogP contribution in [0.3, 0.4) is 0 Å². The maximum absolute atomic E-state index is 6.50. The van der Waals surface area contributed by atoms with E-state index in [0.717, 1.165) is 88.9 Å². The third kappa shape index (κ3) is 5.09. The van der Waals surface area contributed by atoms with Crippen LogP contribution in [0.2, 0.25) is 0 Å². The predicted octanol–water partition coefficient (Wildman–Crippen LogP) is 15.4. The Balaban J connectivity index is 1.00. The van der Waals surface area contributed by atoms with E-state index in [-0.39, 0.29) is 0 Å². The third-order valence-corrected chi connectivity index (χ3v) is 11.6. The van der Waals surface area contributed by atoms with Gasteiger partial charge >= 0.3 is 0 Å². The van der Waals surface area contributed by atoms with Crippen LogP contribution in [-0.4, -0.2) is 4.57 Å². The molecule has 0 atom stereocenters. The quantitative estimate of drug-likeness (QED) is 0.170. The molecular weight excluding hydrogens is 709 g/mol. The zero-order chi connectivity index (χ0) is 38.2. The molecule has 0 fully saturated rings. The minimum absolute atomic E-state index is 0.875. The summed E-state index contributed by atoms with van der Waals surface area (Å²) in [5.41, 5.74) is 14.8. The summed E-state index contributed by atoms with van der Waals surface area (Å²) in [6.07, 6.45) is 0. The topological polar surface area (TPSA) is 34.5 Å². The van der Waals surface area contributed by atoms with Crippen LogP contribution in [0, 0.1) is 0 Å². The molecule has 0 radical (unpaired) electrons. The van der Waals surface area contributed by atoms with Crippen LogP contribution in [0.15, 0.2) is 215 Å². The first-order chi connectivity index (χ1) is 28.7. The number of furan rings is 2. The van der Waals surface area contributed by atoms with Crippen molar-refractivity contribution in [2.45, 2.75) is 0 Å². The lowest BCUT2D eigenvalue weighted by Crippen LogP contribution is -2.09. The monoisotopic (exact) mass is 742 g/mol. The maximum atomic E-state index is 6.50. The van der Waals surface area contributed by atoms with Crippen molar-refractivity contribution in [1.29, 1.82) is 0 Å². The Morgan fingerprint density at radius 3 is 1.76 bits per heavy atom. The van der Waals surface area contributed by atoms with E-state index >= 15 is 0 Å². The van der Waals surface area contributed by atoms with Crippen LogP contribution >= 0.6 is 0 Å². The second-order valence-corrected chi connectivity index (χ2v) is 14.9. The second-order valence-electron chi connectivity index (χ2n) is 14.9. The summed E-state index contributed by atoms with van der Waals surface area (Å²) in [5, 5.41) is 6.84. The first-order valence-corrected chi connectivity index (χ1v) is 19.7. The molecule has 12 aromatic rings. The highest BCUT2D eigenvalue weighted by molar-refractivity contribution is 6.12. The van der Waals surface area contributed by atoms with E-state index in [4.69, 9.17) is 8.83 Å². The van der Waals surface area contributed by atoms with Crippen molar-refractivity contribution in [1.82, 2.24) is 4.57 Å². The van der Waals surface area contributed by atoms with Crippen molar-refractivity contribution in [3.63, 3.8) is 0 Å². The molecule has 0 unspecified atom stereocenters. The summed E-state index contributed by atoms with van der Waals surface area (Å²) in [6, 6.07) is 73.2. The fourth-order valence-corrected chi connectivity index (χ4v) is 8.88. The molecule has 272 valence electrons. The maximum Gasteiger partial charge on any atom is 0.143 e. The Kier molecular flexibility index (Phi) is 7.20. The van der Waals surface area contributed by atoms with Crippen molar-refractivity contribution >= 4 is 82.7 Å². The Hall–Kier alpha value is -7.82. The zero-order valence-corrected chi connectivity index (χ0v) is 31.3. The van der Waals surface area contributed by atoms with Gasteiger partial charge in [-0.05, 0) is 102 Å². The number of fused-ring (bicyclic) bond motifs is 9. The lowest BCUT2D eigenvalue weighted by atomic mass is 10.00. The number of para-hydroxylation sites is 4. The molecule has 0 amide bonds. The SMILES string of the molecule is c1ccc(-c2cccc3c2oc2ccc(-c4ccc(N(c5ccc6oc7ccccc7c6c5)c5ccc6c(c5)c5ccccc5n6-c5ccccc5)cc4)cc23)cc1. The molecule has 0 aliphatic carbocycles. The number of anilines is 3. The Morgan fingerprint density at radius 1 is 0.328 bits per heavy atom. The number of benzene rings is 9. The third-order valence-electron chi connectivity index (χ3n) is 11.6. The number of rotatable bonds is 6. The van der Waals surface area contributed by atoms with Gasteiger partial charge < -0.3 is 18.3 Å². The molecule has 58 heavy (non-hydrogen) atoms. The molecule has 0 spiro atoms. The van der Waals surface area contributed by atoms with Crippen molar-refractivity contribution in [2.75, 3.05) is 4.90 Å². The molecular formula is C54H34N2O2. The Bertz CT molecular complexity index is 3500. The van der Waals surface area contributed by atoms with E-state index < -0.39 is 0 Å². The van der Waals surface area contributed by atoms with Gasteiger partial charge in [0, 0.05) is 60.6 Å². The average Bonchev–Trinajstić information content (AvgIpc) is 3.96. The van der Waals surface area contributed by atoms with E-state index in [1.165, 1.54) is 21.8 Å². The van der Waals surface area contributed by atoms with Crippen LogP contribution in [0.25, 0.3) is 93.6 Å². The summed E-state index contributed by atoms with van der Waals surface area (Å²) in [5.74, 6) is 0.